The molecule has 2 aromatic heterocycles. The molecule has 0 bridgehead atoms. The Labute approximate surface area is 176 Å². The van der Waals surface area contributed by atoms with Crippen LogP contribution in [0.4, 0.5) is 0 Å². The van der Waals surface area contributed by atoms with E-state index >= 15 is 0 Å². The van der Waals surface area contributed by atoms with E-state index in [1.807, 2.05) is 55.5 Å². The molecule has 0 atom stereocenters. The third-order valence-electron chi connectivity index (χ3n) is 4.49. The van der Waals surface area contributed by atoms with Gasteiger partial charge in [0.25, 0.3) is 11.1 Å². The Hall–Kier alpha value is -3.58. The van der Waals surface area contributed by atoms with Gasteiger partial charge >= 0.3 is 0 Å². The molecule has 150 valence electrons. The topological polar surface area (TPSA) is 73.6 Å². The highest BCUT2D eigenvalue weighted by atomic mass is 32.1. The summed E-state index contributed by atoms with van der Waals surface area (Å²) in [5.74, 6) is 0.722. The van der Waals surface area contributed by atoms with Gasteiger partial charge in [-0.05, 0) is 36.3 Å². The summed E-state index contributed by atoms with van der Waals surface area (Å²) in [6.45, 7) is 6.05. The molecule has 0 aliphatic heterocycles. The largest absolute Gasteiger partial charge is 0.490 e. The van der Waals surface area contributed by atoms with Gasteiger partial charge in [-0.25, -0.2) is 0 Å². The minimum atomic E-state index is -0.410. The predicted molar refractivity (Wildman–Crippen MR) is 118 cm³/mol. The molecule has 6 nitrogen and oxygen atoms in total. The summed E-state index contributed by atoms with van der Waals surface area (Å²) < 4.78 is 7.14. The van der Waals surface area contributed by atoms with Gasteiger partial charge < -0.3 is 4.74 Å². The zero-order valence-electron chi connectivity index (χ0n) is 16.4. The van der Waals surface area contributed by atoms with Crippen LogP contribution in [0.15, 0.2) is 70.8 Å². The van der Waals surface area contributed by atoms with Gasteiger partial charge in [0.1, 0.15) is 18.1 Å². The van der Waals surface area contributed by atoms with Crippen LogP contribution in [0.3, 0.4) is 0 Å². The Balaban J connectivity index is 1.69. The van der Waals surface area contributed by atoms with Crippen LogP contribution >= 0.6 is 11.3 Å². The van der Waals surface area contributed by atoms with E-state index in [1.54, 1.807) is 12.2 Å². The van der Waals surface area contributed by atoms with Crippen LogP contribution in [0.25, 0.3) is 11.0 Å². The fourth-order valence-corrected chi connectivity index (χ4v) is 3.82. The van der Waals surface area contributed by atoms with E-state index in [1.165, 1.54) is 4.52 Å². The first kappa shape index (κ1) is 19.7. The van der Waals surface area contributed by atoms with Crippen LogP contribution in [0.5, 0.6) is 5.75 Å². The third-order valence-corrected chi connectivity index (χ3v) is 5.45. The minimum absolute atomic E-state index is 0.251. The van der Waals surface area contributed by atoms with E-state index in [-0.39, 0.29) is 16.2 Å². The molecule has 0 N–H and O–H groups in total. The monoisotopic (exact) mass is 417 g/mol. The van der Waals surface area contributed by atoms with E-state index in [9.17, 15) is 9.59 Å². The van der Waals surface area contributed by atoms with Crippen LogP contribution in [-0.2, 0) is 6.42 Å². The summed E-state index contributed by atoms with van der Waals surface area (Å²) in [6.07, 6.45) is 3.76. The molecule has 2 heterocycles. The fraction of sp³-hybridized carbons (Fsp3) is 0.130. The second-order valence-corrected chi connectivity index (χ2v) is 7.81. The van der Waals surface area contributed by atoms with E-state index in [2.05, 4.69) is 16.7 Å². The van der Waals surface area contributed by atoms with Gasteiger partial charge in [0.05, 0.1) is 4.53 Å². The summed E-state index contributed by atoms with van der Waals surface area (Å²) in [5.41, 5.74) is 2.47. The van der Waals surface area contributed by atoms with Crippen LogP contribution < -0.4 is 20.4 Å². The first-order chi connectivity index (χ1) is 14.5. The maximum atomic E-state index is 12.8. The number of aromatic nitrogens is 3. The molecular formula is C23H19N3O3S. The highest BCUT2D eigenvalue weighted by Gasteiger charge is 2.11. The zero-order valence-corrected chi connectivity index (χ0v) is 17.2. The Morgan fingerprint density at radius 1 is 1.10 bits per heavy atom. The van der Waals surface area contributed by atoms with Crippen molar-refractivity contribution in [1.82, 2.24) is 14.6 Å². The molecule has 0 saturated carbocycles. The average Bonchev–Trinajstić information content (AvgIpc) is 3.04. The second kappa shape index (κ2) is 8.42. The van der Waals surface area contributed by atoms with Gasteiger partial charge in [0.15, 0.2) is 0 Å². The second-order valence-electron chi connectivity index (χ2n) is 6.80. The number of thiazole rings is 1. The lowest BCUT2D eigenvalue weighted by Crippen LogP contribution is -2.28. The quantitative estimate of drug-likeness (QED) is 0.451. The van der Waals surface area contributed by atoms with Crippen molar-refractivity contribution in [3.05, 3.63) is 109 Å². The lowest BCUT2D eigenvalue weighted by atomic mass is 10.1. The van der Waals surface area contributed by atoms with Gasteiger partial charge in [0, 0.05) is 6.42 Å². The molecule has 0 amide bonds. The molecule has 7 heteroatoms. The Bertz CT molecular complexity index is 1370. The molecule has 0 radical (unpaired) electrons. The Morgan fingerprint density at radius 3 is 2.53 bits per heavy atom. The maximum absolute atomic E-state index is 12.8. The number of nitrogens with zero attached hydrogens (tertiary/aromatic N) is 3. The highest BCUT2D eigenvalue weighted by molar-refractivity contribution is 7.15. The van der Waals surface area contributed by atoms with Crippen LogP contribution in [-0.4, -0.2) is 21.2 Å². The first-order valence-electron chi connectivity index (χ1n) is 9.37. The van der Waals surface area contributed by atoms with Crippen LogP contribution in [0.2, 0.25) is 0 Å². The molecule has 2 aromatic carbocycles. The van der Waals surface area contributed by atoms with Crippen LogP contribution in [0.1, 0.15) is 22.4 Å². The molecule has 0 aliphatic carbocycles. The maximum Gasteiger partial charge on any atom is 0.296 e. The van der Waals surface area contributed by atoms with Crippen molar-refractivity contribution in [3.63, 3.8) is 0 Å². The molecule has 30 heavy (non-hydrogen) atoms. The van der Waals surface area contributed by atoms with Gasteiger partial charge in [-0.3, -0.25) is 9.59 Å². The summed E-state index contributed by atoms with van der Waals surface area (Å²) in [4.78, 5) is 29.6. The lowest BCUT2D eigenvalue weighted by molar-refractivity contribution is 0.363. The van der Waals surface area contributed by atoms with E-state index < -0.39 is 5.56 Å². The molecule has 0 unspecified atom stereocenters. The number of hydrogen-bond donors (Lipinski definition) is 0. The smallest absolute Gasteiger partial charge is 0.296 e. The molecule has 0 saturated heterocycles. The Kier molecular flexibility index (Phi) is 5.54. The molecule has 4 rings (SSSR count). The van der Waals surface area contributed by atoms with E-state index in [4.69, 9.17) is 4.74 Å². The molecule has 0 aliphatic rings. The predicted octanol–water partition coefficient (Wildman–Crippen LogP) is 2.52. The van der Waals surface area contributed by atoms with Gasteiger partial charge in [-0.1, -0.05) is 66.0 Å². The van der Waals surface area contributed by atoms with Crippen molar-refractivity contribution < 1.29 is 4.74 Å². The van der Waals surface area contributed by atoms with Crippen molar-refractivity contribution in [2.75, 3.05) is 6.61 Å². The summed E-state index contributed by atoms with van der Waals surface area (Å²) >= 11 is 1.14. The number of fused-ring (bicyclic) bond motifs is 1. The minimum Gasteiger partial charge on any atom is -0.490 e. The standard InChI is InChI=1S/C23H19N3O3S/c1-3-12-29-18-10-8-17(9-11-18)14-20-22(28)26-23(30-20)24-21(27)19(25-26)13-16-6-4-15(2)5-7-16/h3-11,14H,1,12-13H2,2H3. The van der Waals surface area contributed by atoms with Gasteiger partial charge in [0.2, 0.25) is 4.96 Å². The normalized spacial score (nSPS) is 11.7. The SMILES string of the molecule is C=CCOc1ccc(C=c2sc3nc(=O)c(Cc4ccc(C)cc4)nn3c2=O)cc1. The molecule has 0 spiro atoms. The molecular weight excluding hydrogens is 398 g/mol. The number of hydrogen-bond acceptors (Lipinski definition) is 6. The van der Waals surface area contributed by atoms with Crippen molar-refractivity contribution >= 4 is 22.4 Å². The van der Waals surface area contributed by atoms with E-state index in [0.29, 0.717) is 17.6 Å². The van der Waals surface area contributed by atoms with Gasteiger partial charge in [-0.15, -0.1) is 0 Å². The first-order valence-corrected chi connectivity index (χ1v) is 10.2. The van der Waals surface area contributed by atoms with Gasteiger partial charge in [-0.2, -0.15) is 14.6 Å². The van der Waals surface area contributed by atoms with E-state index in [0.717, 1.165) is 33.8 Å². The summed E-state index contributed by atoms with van der Waals surface area (Å²) in [6, 6.07) is 15.2. The average molecular weight is 417 g/mol. The lowest BCUT2D eigenvalue weighted by Gasteiger charge is -2.02. The summed E-state index contributed by atoms with van der Waals surface area (Å²) in [7, 11) is 0. The van der Waals surface area contributed by atoms with Crippen molar-refractivity contribution in [2.24, 2.45) is 0 Å². The van der Waals surface area contributed by atoms with Crippen molar-refractivity contribution in [1.29, 1.82) is 0 Å². The van der Waals surface area contributed by atoms with Crippen molar-refractivity contribution in [2.45, 2.75) is 13.3 Å². The summed E-state index contributed by atoms with van der Waals surface area (Å²) in [5, 5.41) is 4.29. The van der Waals surface area contributed by atoms with Crippen molar-refractivity contribution in [3.8, 4) is 5.75 Å². The number of benzene rings is 2. The molecule has 0 fully saturated rings. The number of aryl methyl sites for hydroxylation is 1. The number of rotatable bonds is 6. The Morgan fingerprint density at radius 2 is 1.83 bits per heavy atom. The zero-order chi connectivity index (χ0) is 21.1. The highest BCUT2D eigenvalue weighted by Crippen LogP contribution is 2.13. The fourth-order valence-electron chi connectivity index (χ4n) is 2.92. The number of ether oxygens (including phenoxy) is 1. The molecule has 4 aromatic rings. The van der Waals surface area contributed by atoms with Crippen LogP contribution in [0, 0.1) is 6.92 Å². The third kappa shape index (κ3) is 4.21.